The Labute approximate surface area is 133 Å². The van der Waals surface area contributed by atoms with Gasteiger partial charge in [0.25, 0.3) is 0 Å². The van der Waals surface area contributed by atoms with Crippen molar-refractivity contribution in [2.24, 2.45) is 5.84 Å². The van der Waals surface area contributed by atoms with Crippen LogP contribution in [0.5, 0.6) is 0 Å². The lowest BCUT2D eigenvalue weighted by Gasteiger charge is -2.16. The summed E-state index contributed by atoms with van der Waals surface area (Å²) < 4.78 is 0. The van der Waals surface area contributed by atoms with E-state index in [4.69, 9.17) is 29.0 Å². The summed E-state index contributed by atoms with van der Waals surface area (Å²) in [4.78, 5) is 1.22. The predicted molar refractivity (Wildman–Crippen MR) is 88.4 cm³/mol. The minimum absolute atomic E-state index is 0.0241. The Morgan fingerprint density at radius 2 is 1.80 bits per heavy atom. The van der Waals surface area contributed by atoms with Gasteiger partial charge < -0.3 is 0 Å². The van der Waals surface area contributed by atoms with Crippen molar-refractivity contribution in [2.45, 2.75) is 17.9 Å². The van der Waals surface area contributed by atoms with Gasteiger partial charge >= 0.3 is 0 Å². The fourth-order valence-electron chi connectivity index (χ4n) is 1.78. The van der Waals surface area contributed by atoms with Crippen LogP contribution in [0.2, 0.25) is 10.0 Å². The van der Waals surface area contributed by atoms with Gasteiger partial charge in [0.2, 0.25) is 0 Å². The number of thioether (sulfide) groups is 1. The quantitative estimate of drug-likeness (QED) is 0.479. The number of benzene rings is 2. The summed E-state index contributed by atoms with van der Waals surface area (Å²) >= 11 is 13.7. The molecule has 2 nitrogen and oxygen atoms in total. The maximum Gasteiger partial charge on any atom is 0.0595 e. The van der Waals surface area contributed by atoms with Gasteiger partial charge in [0, 0.05) is 10.6 Å². The number of nitrogens with one attached hydrogen (secondary N) is 1. The van der Waals surface area contributed by atoms with Crippen LogP contribution in [-0.2, 0) is 0 Å². The molecule has 2 aromatic rings. The molecule has 0 spiro atoms. The highest BCUT2D eigenvalue weighted by Gasteiger charge is 2.11. The molecule has 0 fully saturated rings. The number of nitrogens with two attached hydrogens (primary N) is 1. The van der Waals surface area contributed by atoms with E-state index < -0.39 is 0 Å². The molecule has 2 rings (SSSR count). The van der Waals surface area contributed by atoms with E-state index in [-0.39, 0.29) is 6.04 Å². The largest absolute Gasteiger partial charge is 0.271 e. The predicted octanol–water partition coefficient (Wildman–Crippen LogP) is 4.60. The maximum absolute atomic E-state index is 6.04. The molecule has 106 valence electrons. The molecular formula is C15H16Cl2N2S. The molecule has 0 radical (unpaired) electrons. The first-order valence-corrected chi connectivity index (χ1v) is 7.95. The Morgan fingerprint density at radius 1 is 1.10 bits per heavy atom. The van der Waals surface area contributed by atoms with Gasteiger partial charge in [-0.2, -0.15) is 0 Å². The van der Waals surface area contributed by atoms with E-state index in [2.05, 4.69) is 36.6 Å². The molecule has 0 aliphatic heterocycles. The van der Waals surface area contributed by atoms with Crippen molar-refractivity contribution in [2.75, 3.05) is 5.75 Å². The van der Waals surface area contributed by atoms with E-state index in [1.54, 1.807) is 17.8 Å². The van der Waals surface area contributed by atoms with E-state index >= 15 is 0 Å². The minimum Gasteiger partial charge on any atom is -0.271 e. The van der Waals surface area contributed by atoms with Gasteiger partial charge in [0.15, 0.2) is 0 Å². The lowest BCUT2D eigenvalue weighted by molar-refractivity contribution is 0.611. The monoisotopic (exact) mass is 326 g/mol. The van der Waals surface area contributed by atoms with Gasteiger partial charge in [-0.15, -0.1) is 11.8 Å². The Bertz CT molecular complexity index is 573. The van der Waals surface area contributed by atoms with Crippen LogP contribution in [-0.4, -0.2) is 5.75 Å². The van der Waals surface area contributed by atoms with Crippen molar-refractivity contribution < 1.29 is 0 Å². The molecule has 0 aliphatic rings. The van der Waals surface area contributed by atoms with E-state index in [0.29, 0.717) is 10.0 Å². The van der Waals surface area contributed by atoms with Gasteiger partial charge in [-0.3, -0.25) is 11.3 Å². The zero-order valence-corrected chi connectivity index (χ0v) is 13.4. The van der Waals surface area contributed by atoms with Crippen LogP contribution in [0.3, 0.4) is 0 Å². The van der Waals surface area contributed by atoms with E-state index in [9.17, 15) is 0 Å². The average molecular weight is 327 g/mol. The van der Waals surface area contributed by atoms with Gasteiger partial charge in [-0.25, -0.2) is 0 Å². The minimum atomic E-state index is 0.0241. The Hall–Kier alpha value is -0.710. The van der Waals surface area contributed by atoms with Gasteiger partial charge in [0.1, 0.15) is 0 Å². The molecule has 0 aliphatic carbocycles. The highest BCUT2D eigenvalue weighted by atomic mass is 35.5. The number of aryl methyl sites for hydroxylation is 1. The van der Waals surface area contributed by atoms with Gasteiger partial charge in [0.05, 0.1) is 16.1 Å². The number of halogens is 2. The maximum atomic E-state index is 6.04. The number of rotatable bonds is 5. The van der Waals surface area contributed by atoms with Crippen LogP contribution >= 0.6 is 35.0 Å². The number of hydrazine groups is 1. The summed E-state index contributed by atoms with van der Waals surface area (Å²) in [5.74, 6) is 6.46. The third-order valence-electron chi connectivity index (χ3n) is 2.98. The Balaban J connectivity index is 2.05. The van der Waals surface area contributed by atoms with Crippen molar-refractivity contribution in [3.8, 4) is 0 Å². The van der Waals surface area contributed by atoms with Gasteiger partial charge in [-0.05, 0) is 36.8 Å². The number of hydrogen-bond donors (Lipinski definition) is 2. The second-order valence-electron chi connectivity index (χ2n) is 4.52. The van der Waals surface area contributed by atoms with Crippen LogP contribution in [0.15, 0.2) is 47.4 Å². The normalized spacial score (nSPS) is 12.4. The smallest absolute Gasteiger partial charge is 0.0595 e. The second kappa shape index (κ2) is 7.34. The highest BCUT2D eigenvalue weighted by molar-refractivity contribution is 7.99. The molecule has 3 N–H and O–H groups in total. The molecule has 0 amide bonds. The fourth-order valence-corrected chi connectivity index (χ4v) is 3.07. The van der Waals surface area contributed by atoms with Crippen molar-refractivity contribution in [3.63, 3.8) is 0 Å². The average Bonchev–Trinajstić information content (AvgIpc) is 2.45. The fraction of sp³-hybridized carbons (Fsp3) is 0.200. The molecular weight excluding hydrogens is 311 g/mol. The zero-order valence-electron chi connectivity index (χ0n) is 11.1. The summed E-state index contributed by atoms with van der Waals surface area (Å²) in [6.45, 7) is 2.08. The molecule has 0 bridgehead atoms. The summed E-state index contributed by atoms with van der Waals surface area (Å²) in [7, 11) is 0. The molecule has 1 unspecified atom stereocenters. The Morgan fingerprint density at radius 3 is 2.40 bits per heavy atom. The zero-order chi connectivity index (χ0) is 14.5. The van der Waals surface area contributed by atoms with Crippen molar-refractivity contribution in [3.05, 3.63) is 63.6 Å². The molecule has 0 saturated carbocycles. The summed E-state index contributed by atoms with van der Waals surface area (Å²) in [5.41, 5.74) is 5.11. The van der Waals surface area contributed by atoms with E-state index in [0.717, 1.165) is 11.3 Å². The molecule has 5 heteroatoms. The lowest BCUT2D eigenvalue weighted by atomic mass is 10.1. The van der Waals surface area contributed by atoms with Crippen molar-refractivity contribution >= 4 is 35.0 Å². The van der Waals surface area contributed by atoms with E-state index in [1.807, 2.05) is 12.1 Å². The first-order chi connectivity index (χ1) is 9.60. The van der Waals surface area contributed by atoms with Crippen molar-refractivity contribution in [1.82, 2.24) is 5.43 Å². The third-order valence-corrected chi connectivity index (χ3v) is 4.83. The molecule has 0 heterocycles. The standard InChI is InChI=1S/C15H16Cl2N2S/c1-10-2-5-12(6-3-10)20-9-15(19-18)11-4-7-13(16)14(17)8-11/h2-8,15,19H,9,18H2,1H3. The van der Waals surface area contributed by atoms with Crippen LogP contribution in [0.4, 0.5) is 0 Å². The second-order valence-corrected chi connectivity index (χ2v) is 6.42. The Kier molecular flexibility index (Phi) is 5.75. The van der Waals surface area contributed by atoms with Crippen LogP contribution in [0.25, 0.3) is 0 Å². The molecule has 0 aromatic heterocycles. The van der Waals surface area contributed by atoms with Gasteiger partial charge in [-0.1, -0.05) is 47.0 Å². The summed E-state index contributed by atoms with van der Waals surface area (Å²) in [6.07, 6.45) is 0. The van der Waals surface area contributed by atoms with Crippen LogP contribution in [0.1, 0.15) is 17.2 Å². The summed E-state index contributed by atoms with van der Waals surface area (Å²) in [5, 5.41) is 1.10. The number of hydrogen-bond acceptors (Lipinski definition) is 3. The van der Waals surface area contributed by atoms with Crippen molar-refractivity contribution in [1.29, 1.82) is 0 Å². The molecule has 20 heavy (non-hydrogen) atoms. The lowest BCUT2D eigenvalue weighted by Crippen LogP contribution is -2.29. The highest BCUT2D eigenvalue weighted by Crippen LogP contribution is 2.29. The molecule has 2 aromatic carbocycles. The summed E-state index contributed by atoms with van der Waals surface area (Å²) in [6, 6.07) is 14.0. The first kappa shape index (κ1) is 15.7. The van der Waals surface area contributed by atoms with Crippen LogP contribution < -0.4 is 11.3 Å². The first-order valence-electron chi connectivity index (χ1n) is 6.20. The third kappa shape index (κ3) is 4.14. The SMILES string of the molecule is Cc1ccc(SCC(NN)c2ccc(Cl)c(Cl)c2)cc1. The van der Waals surface area contributed by atoms with Crippen LogP contribution in [0, 0.1) is 6.92 Å². The topological polar surface area (TPSA) is 38.0 Å². The van der Waals surface area contributed by atoms with E-state index in [1.165, 1.54) is 10.5 Å². The molecule has 0 saturated heterocycles. The molecule has 1 atom stereocenters.